The summed E-state index contributed by atoms with van der Waals surface area (Å²) in [6.07, 6.45) is 0. The van der Waals surface area contributed by atoms with Crippen LogP contribution in [0.4, 0.5) is 4.79 Å². The van der Waals surface area contributed by atoms with E-state index in [-0.39, 0.29) is 12.0 Å². The molecule has 6 heteroatoms. The molecule has 20 heavy (non-hydrogen) atoms. The fourth-order valence-corrected chi connectivity index (χ4v) is 2.14. The highest BCUT2D eigenvalue weighted by molar-refractivity contribution is 5.83. The quantitative estimate of drug-likeness (QED) is 0.779. The molecule has 0 bridgehead atoms. The van der Waals surface area contributed by atoms with Crippen molar-refractivity contribution >= 4 is 12.0 Å². The first-order chi connectivity index (χ1) is 9.49. The minimum atomic E-state index is -1.04. The van der Waals surface area contributed by atoms with Crippen LogP contribution in [0.2, 0.25) is 0 Å². The number of carboxylic acids is 1. The van der Waals surface area contributed by atoms with Gasteiger partial charge in [-0.3, -0.25) is 0 Å². The smallest absolute Gasteiger partial charge is 0.326 e. The molecule has 0 fully saturated rings. The third-order valence-electron chi connectivity index (χ3n) is 3.22. The molecule has 2 atom stereocenters. The van der Waals surface area contributed by atoms with Gasteiger partial charge in [0.1, 0.15) is 18.4 Å². The van der Waals surface area contributed by atoms with Crippen molar-refractivity contribution in [1.82, 2.24) is 10.6 Å². The molecule has 108 valence electrons. The highest BCUT2D eigenvalue weighted by atomic mass is 16.5. The van der Waals surface area contributed by atoms with Gasteiger partial charge in [0, 0.05) is 5.56 Å². The van der Waals surface area contributed by atoms with E-state index in [1.165, 1.54) is 0 Å². The third-order valence-corrected chi connectivity index (χ3v) is 3.22. The second kappa shape index (κ2) is 5.81. The number of urea groups is 1. The molecule has 1 aromatic rings. The number of hydrogen-bond acceptors (Lipinski definition) is 3. The summed E-state index contributed by atoms with van der Waals surface area (Å²) in [6.45, 7) is 3.84. The molecule has 2 amide bonds. The van der Waals surface area contributed by atoms with E-state index in [0.717, 1.165) is 11.3 Å². The predicted octanol–water partition coefficient (Wildman–Crippen LogP) is 1.53. The van der Waals surface area contributed by atoms with Crippen LogP contribution in [0.5, 0.6) is 5.75 Å². The number of para-hydroxylation sites is 1. The number of benzene rings is 1. The van der Waals surface area contributed by atoms with Gasteiger partial charge in [-0.25, -0.2) is 9.59 Å². The Morgan fingerprint density at radius 3 is 2.70 bits per heavy atom. The Bertz CT molecular complexity index is 516. The number of aliphatic carboxylic acids is 1. The summed E-state index contributed by atoms with van der Waals surface area (Å²) in [5.41, 5.74) is 0.902. The van der Waals surface area contributed by atoms with Crippen LogP contribution in [0.25, 0.3) is 0 Å². The monoisotopic (exact) mass is 278 g/mol. The van der Waals surface area contributed by atoms with Crippen LogP contribution in [0.1, 0.15) is 25.5 Å². The molecule has 0 spiro atoms. The molecule has 0 saturated carbocycles. The topological polar surface area (TPSA) is 87.7 Å². The fraction of sp³-hybridized carbons (Fsp3) is 0.429. The zero-order valence-corrected chi connectivity index (χ0v) is 11.4. The van der Waals surface area contributed by atoms with Crippen LogP contribution in [0.15, 0.2) is 24.3 Å². The van der Waals surface area contributed by atoms with E-state index in [0.29, 0.717) is 6.61 Å². The molecule has 0 aliphatic carbocycles. The van der Waals surface area contributed by atoms with Gasteiger partial charge in [0.15, 0.2) is 0 Å². The molecule has 0 saturated heterocycles. The summed E-state index contributed by atoms with van der Waals surface area (Å²) in [6, 6.07) is 5.78. The SMILES string of the molecule is CC(C)[C@@H](NC(=O)NC1COc2ccccc21)C(=O)O. The number of carbonyl (C=O) groups is 2. The van der Waals surface area contributed by atoms with Gasteiger partial charge in [0.25, 0.3) is 0 Å². The van der Waals surface area contributed by atoms with Crippen molar-refractivity contribution in [3.05, 3.63) is 29.8 Å². The van der Waals surface area contributed by atoms with Gasteiger partial charge in [-0.2, -0.15) is 0 Å². The summed E-state index contributed by atoms with van der Waals surface area (Å²) in [5.74, 6) is -0.486. The lowest BCUT2D eigenvalue weighted by molar-refractivity contribution is -0.140. The van der Waals surface area contributed by atoms with Crippen molar-refractivity contribution in [1.29, 1.82) is 0 Å². The van der Waals surface area contributed by atoms with E-state index in [4.69, 9.17) is 9.84 Å². The van der Waals surface area contributed by atoms with Gasteiger partial charge >= 0.3 is 12.0 Å². The molecule has 6 nitrogen and oxygen atoms in total. The maximum atomic E-state index is 11.9. The van der Waals surface area contributed by atoms with E-state index in [2.05, 4.69) is 10.6 Å². The van der Waals surface area contributed by atoms with Gasteiger partial charge in [-0.05, 0) is 12.0 Å². The van der Waals surface area contributed by atoms with Gasteiger partial charge in [-0.15, -0.1) is 0 Å². The maximum Gasteiger partial charge on any atom is 0.326 e. The molecular formula is C14H18N2O4. The van der Waals surface area contributed by atoms with Crippen LogP contribution < -0.4 is 15.4 Å². The summed E-state index contributed by atoms with van der Waals surface area (Å²) in [5, 5.41) is 14.2. The lowest BCUT2D eigenvalue weighted by atomic mass is 10.1. The predicted molar refractivity (Wildman–Crippen MR) is 72.6 cm³/mol. The van der Waals surface area contributed by atoms with E-state index < -0.39 is 18.0 Å². The zero-order chi connectivity index (χ0) is 14.7. The van der Waals surface area contributed by atoms with E-state index in [1.54, 1.807) is 13.8 Å². The zero-order valence-electron chi connectivity index (χ0n) is 11.4. The Hall–Kier alpha value is -2.24. The molecule has 3 N–H and O–H groups in total. The second-order valence-corrected chi connectivity index (χ2v) is 5.08. The van der Waals surface area contributed by atoms with Crippen LogP contribution >= 0.6 is 0 Å². The lowest BCUT2D eigenvalue weighted by Crippen LogP contribution is -2.49. The van der Waals surface area contributed by atoms with Crippen LogP contribution in [0.3, 0.4) is 0 Å². The fourth-order valence-electron chi connectivity index (χ4n) is 2.14. The number of nitrogens with one attached hydrogen (secondary N) is 2. The van der Waals surface area contributed by atoms with Crippen LogP contribution in [0, 0.1) is 5.92 Å². The number of carboxylic acid groups (broad SMARTS) is 1. The molecule has 1 unspecified atom stereocenters. The highest BCUT2D eigenvalue weighted by Crippen LogP contribution is 2.31. The van der Waals surface area contributed by atoms with E-state index >= 15 is 0 Å². The minimum Gasteiger partial charge on any atom is -0.491 e. The number of carbonyl (C=O) groups excluding carboxylic acids is 1. The average molecular weight is 278 g/mol. The van der Waals surface area contributed by atoms with Crippen molar-refractivity contribution < 1.29 is 19.4 Å². The van der Waals surface area contributed by atoms with E-state index in [1.807, 2.05) is 24.3 Å². The molecule has 0 aromatic heterocycles. The van der Waals surface area contributed by atoms with Crippen LogP contribution in [-0.4, -0.2) is 29.8 Å². The summed E-state index contributed by atoms with van der Waals surface area (Å²) in [7, 11) is 0. The Labute approximate surface area is 117 Å². The number of fused-ring (bicyclic) bond motifs is 1. The number of ether oxygens (including phenoxy) is 1. The summed E-state index contributed by atoms with van der Waals surface area (Å²) >= 11 is 0. The van der Waals surface area contributed by atoms with Gasteiger partial charge in [0.05, 0.1) is 6.04 Å². The molecule has 0 radical (unpaired) electrons. The van der Waals surface area contributed by atoms with Gasteiger partial charge in [-0.1, -0.05) is 32.0 Å². The Morgan fingerprint density at radius 2 is 2.05 bits per heavy atom. The maximum absolute atomic E-state index is 11.9. The van der Waals surface area contributed by atoms with Gasteiger partial charge < -0.3 is 20.5 Å². The Morgan fingerprint density at radius 1 is 1.35 bits per heavy atom. The average Bonchev–Trinajstić information content (AvgIpc) is 2.79. The largest absolute Gasteiger partial charge is 0.491 e. The summed E-state index contributed by atoms with van der Waals surface area (Å²) in [4.78, 5) is 22.9. The molecule has 1 heterocycles. The molecular weight excluding hydrogens is 260 g/mol. The van der Waals surface area contributed by atoms with Gasteiger partial charge in [0.2, 0.25) is 0 Å². The lowest BCUT2D eigenvalue weighted by Gasteiger charge is -2.20. The molecule has 2 rings (SSSR count). The van der Waals surface area contributed by atoms with Crippen LogP contribution in [-0.2, 0) is 4.79 Å². The van der Waals surface area contributed by atoms with Crippen molar-refractivity contribution in [2.75, 3.05) is 6.61 Å². The number of rotatable bonds is 4. The van der Waals surface area contributed by atoms with Crippen molar-refractivity contribution in [2.24, 2.45) is 5.92 Å². The second-order valence-electron chi connectivity index (χ2n) is 5.08. The Balaban J connectivity index is 1.98. The van der Waals surface area contributed by atoms with Crippen molar-refractivity contribution in [2.45, 2.75) is 25.9 Å². The van der Waals surface area contributed by atoms with Crippen molar-refractivity contribution in [3.8, 4) is 5.75 Å². The molecule has 1 aromatic carbocycles. The standard InChI is InChI=1S/C14H18N2O4/c1-8(2)12(13(17)18)16-14(19)15-10-7-20-11-6-4-3-5-9(10)11/h3-6,8,10,12H,7H2,1-2H3,(H,17,18)(H2,15,16,19)/t10?,12-/m1/s1. The first-order valence-electron chi connectivity index (χ1n) is 6.50. The Kier molecular flexibility index (Phi) is 4.12. The third kappa shape index (κ3) is 3.01. The highest BCUT2D eigenvalue weighted by Gasteiger charge is 2.28. The van der Waals surface area contributed by atoms with E-state index in [9.17, 15) is 9.59 Å². The summed E-state index contributed by atoms with van der Waals surface area (Å²) < 4.78 is 5.45. The first-order valence-corrected chi connectivity index (χ1v) is 6.50. The molecule has 1 aliphatic heterocycles. The minimum absolute atomic E-state index is 0.189. The number of amides is 2. The van der Waals surface area contributed by atoms with Crippen molar-refractivity contribution in [3.63, 3.8) is 0 Å². The number of hydrogen-bond donors (Lipinski definition) is 3. The molecule has 1 aliphatic rings. The first kappa shape index (κ1) is 14.2. The normalized spacial score (nSPS) is 18.1.